The molecule has 0 fully saturated rings. The minimum atomic E-state index is -0.623. The van der Waals surface area contributed by atoms with Crippen LogP contribution in [0.2, 0.25) is 0 Å². The molecule has 0 aromatic heterocycles. The van der Waals surface area contributed by atoms with Crippen LogP contribution in [-0.4, -0.2) is 11.9 Å². The number of halogens is 1. The van der Waals surface area contributed by atoms with Gasteiger partial charge < -0.3 is 10.1 Å². The van der Waals surface area contributed by atoms with Gasteiger partial charge in [-0.05, 0) is 42.0 Å². The Hall–Kier alpha value is -3.73. The quantitative estimate of drug-likeness (QED) is 0.517. The van der Waals surface area contributed by atoms with E-state index in [4.69, 9.17) is 4.74 Å². The van der Waals surface area contributed by atoms with Crippen molar-refractivity contribution in [3.8, 4) is 5.75 Å². The van der Waals surface area contributed by atoms with E-state index in [2.05, 4.69) is 11.9 Å². The second-order valence-electron chi connectivity index (χ2n) is 5.64. The molecule has 3 rings (SSSR count). The monoisotopic (exact) mass is 361 g/mol. The molecule has 0 heterocycles. The molecule has 4 nitrogen and oxygen atoms in total. The molecule has 27 heavy (non-hydrogen) atoms. The van der Waals surface area contributed by atoms with Crippen molar-refractivity contribution in [1.29, 1.82) is 0 Å². The van der Waals surface area contributed by atoms with Crippen molar-refractivity contribution in [2.24, 2.45) is 0 Å². The third kappa shape index (κ3) is 4.27. The largest absolute Gasteiger partial charge is 0.423 e. The Morgan fingerprint density at radius 2 is 1.67 bits per heavy atom. The maximum atomic E-state index is 13.8. The maximum absolute atomic E-state index is 13.8. The van der Waals surface area contributed by atoms with Crippen LogP contribution >= 0.6 is 0 Å². The second-order valence-corrected chi connectivity index (χ2v) is 5.64. The summed E-state index contributed by atoms with van der Waals surface area (Å²) in [5.74, 6) is -1.50. The van der Waals surface area contributed by atoms with E-state index in [1.807, 2.05) is 0 Å². The molecule has 3 aromatic carbocycles. The van der Waals surface area contributed by atoms with Gasteiger partial charge in [-0.25, -0.2) is 9.18 Å². The standard InChI is InChI=1S/C22H16FNO3/c1-2-15-12-13-17(27-22(26)16-8-4-3-5-9-16)14-20(15)24-21(25)18-10-6-7-11-19(18)23/h2-14H,1H2,(H,24,25). The van der Waals surface area contributed by atoms with Crippen molar-refractivity contribution in [3.05, 3.63) is 102 Å². The van der Waals surface area contributed by atoms with Gasteiger partial charge in [0.1, 0.15) is 11.6 Å². The zero-order valence-corrected chi connectivity index (χ0v) is 14.3. The molecule has 0 aliphatic carbocycles. The van der Waals surface area contributed by atoms with Crippen molar-refractivity contribution in [1.82, 2.24) is 0 Å². The fourth-order valence-corrected chi connectivity index (χ4v) is 2.46. The summed E-state index contributed by atoms with van der Waals surface area (Å²) in [5, 5.41) is 2.63. The molecule has 0 atom stereocenters. The Labute approximate surface area is 155 Å². The summed E-state index contributed by atoms with van der Waals surface area (Å²) in [6.07, 6.45) is 1.54. The Bertz CT molecular complexity index is 999. The Kier molecular flexibility index (Phi) is 5.42. The van der Waals surface area contributed by atoms with E-state index >= 15 is 0 Å². The van der Waals surface area contributed by atoms with Crippen LogP contribution in [0.3, 0.4) is 0 Å². The van der Waals surface area contributed by atoms with E-state index in [-0.39, 0.29) is 11.3 Å². The number of anilines is 1. The van der Waals surface area contributed by atoms with E-state index in [1.165, 1.54) is 24.3 Å². The highest BCUT2D eigenvalue weighted by atomic mass is 19.1. The molecular weight excluding hydrogens is 345 g/mol. The van der Waals surface area contributed by atoms with E-state index in [0.717, 1.165) is 0 Å². The minimum absolute atomic E-state index is 0.0841. The van der Waals surface area contributed by atoms with E-state index in [1.54, 1.807) is 54.6 Å². The van der Waals surface area contributed by atoms with Crippen LogP contribution in [-0.2, 0) is 0 Å². The molecule has 0 unspecified atom stereocenters. The molecule has 0 saturated heterocycles. The van der Waals surface area contributed by atoms with Crippen LogP contribution in [0.1, 0.15) is 26.3 Å². The smallest absolute Gasteiger partial charge is 0.343 e. The van der Waals surface area contributed by atoms with Gasteiger partial charge in [0.2, 0.25) is 0 Å². The summed E-state index contributed by atoms with van der Waals surface area (Å²) in [6.45, 7) is 3.69. The lowest BCUT2D eigenvalue weighted by Gasteiger charge is -2.12. The average molecular weight is 361 g/mol. The number of carbonyl (C=O) groups excluding carboxylic acids is 2. The Balaban J connectivity index is 1.83. The summed E-state index contributed by atoms with van der Waals surface area (Å²) in [7, 11) is 0. The molecule has 1 amide bonds. The highest BCUT2D eigenvalue weighted by Gasteiger charge is 2.14. The lowest BCUT2D eigenvalue weighted by atomic mass is 10.1. The average Bonchev–Trinajstić information content (AvgIpc) is 2.69. The summed E-state index contributed by atoms with van der Waals surface area (Å²) in [4.78, 5) is 24.6. The summed E-state index contributed by atoms with van der Waals surface area (Å²) >= 11 is 0. The maximum Gasteiger partial charge on any atom is 0.343 e. The summed E-state index contributed by atoms with van der Waals surface area (Å²) in [6, 6.07) is 19.0. The molecule has 0 radical (unpaired) electrons. The molecule has 0 saturated carbocycles. The number of amides is 1. The number of hydrogen-bond acceptors (Lipinski definition) is 3. The van der Waals surface area contributed by atoms with Crippen molar-refractivity contribution in [3.63, 3.8) is 0 Å². The van der Waals surface area contributed by atoms with Gasteiger partial charge in [0.25, 0.3) is 5.91 Å². The van der Waals surface area contributed by atoms with Crippen LogP contribution in [0.5, 0.6) is 5.75 Å². The number of benzene rings is 3. The van der Waals surface area contributed by atoms with E-state index in [9.17, 15) is 14.0 Å². The Morgan fingerprint density at radius 1 is 0.963 bits per heavy atom. The summed E-state index contributed by atoms with van der Waals surface area (Å²) < 4.78 is 19.2. The van der Waals surface area contributed by atoms with Crippen LogP contribution in [0.25, 0.3) is 6.08 Å². The fourth-order valence-electron chi connectivity index (χ4n) is 2.46. The number of rotatable bonds is 5. The normalized spacial score (nSPS) is 10.1. The molecule has 0 aliphatic heterocycles. The van der Waals surface area contributed by atoms with Gasteiger partial charge in [-0.15, -0.1) is 0 Å². The van der Waals surface area contributed by atoms with Crippen molar-refractivity contribution >= 4 is 23.6 Å². The van der Waals surface area contributed by atoms with Crippen molar-refractivity contribution in [2.45, 2.75) is 0 Å². The molecule has 0 aliphatic rings. The zero-order chi connectivity index (χ0) is 19.2. The highest BCUT2D eigenvalue weighted by molar-refractivity contribution is 6.05. The zero-order valence-electron chi connectivity index (χ0n) is 14.3. The molecular formula is C22H16FNO3. The number of ether oxygens (including phenoxy) is 1. The van der Waals surface area contributed by atoms with Gasteiger partial charge in [-0.2, -0.15) is 0 Å². The van der Waals surface area contributed by atoms with Gasteiger partial charge in [-0.1, -0.05) is 43.0 Å². The minimum Gasteiger partial charge on any atom is -0.423 e. The lowest BCUT2D eigenvalue weighted by molar-refractivity contribution is 0.0735. The Morgan fingerprint density at radius 3 is 2.37 bits per heavy atom. The second kappa shape index (κ2) is 8.10. The first-order valence-electron chi connectivity index (χ1n) is 8.18. The van der Waals surface area contributed by atoms with Gasteiger partial charge in [-0.3, -0.25) is 4.79 Å². The van der Waals surface area contributed by atoms with Crippen LogP contribution in [0, 0.1) is 5.82 Å². The van der Waals surface area contributed by atoms with Gasteiger partial charge in [0.15, 0.2) is 0 Å². The van der Waals surface area contributed by atoms with Crippen LogP contribution in [0.15, 0.2) is 79.4 Å². The lowest BCUT2D eigenvalue weighted by Crippen LogP contribution is -2.15. The van der Waals surface area contributed by atoms with Gasteiger partial charge >= 0.3 is 5.97 Å². The molecule has 5 heteroatoms. The summed E-state index contributed by atoms with van der Waals surface area (Å²) in [5.41, 5.74) is 1.29. The highest BCUT2D eigenvalue weighted by Crippen LogP contribution is 2.25. The third-order valence-corrected chi connectivity index (χ3v) is 3.83. The number of hydrogen-bond donors (Lipinski definition) is 1. The molecule has 134 valence electrons. The first kappa shape index (κ1) is 18.1. The SMILES string of the molecule is C=Cc1ccc(OC(=O)c2ccccc2)cc1NC(=O)c1ccccc1F. The van der Waals surface area contributed by atoms with Crippen LogP contribution in [0.4, 0.5) is 10.1 Å². The van der Waals surface area contributed by atoms with Crippen molar-refractivity contribution < 1.29 is 18.7 Å². The number of esters is 1. The van der Waals surface area contributed by atoms with Gasteiger partial charge in [0.05, 0.1) is 16.8 Å². The first-order valence-corrected chi connectivity index (χ1v) is 8.18. The number of carbonyl (C=O) groups is 2. The molecule has 3 aromatic rings. The van der Waals surface area contributed by atoms with Crippen molar-refractivity contribution in [2.75, 3.05) is 5.32 Å². The first-order chi connectivity index (χ1) is 13.1. The predicted molar refractivity (Wildman–Crippen MR) is 102 cm³/mol. The molecule has 0 spiro atoms. The van der Waals surface area contributed by atoms with E-state index in [0.29, 0.717) is 16.8 Å². The third-order valence-electron chi connectivity index (χ3n) is 3.83. The topological polar surface area (TPSA) is 55.4 Å². The predicted octanol–water partition coefficient (Wildman–Crippen LogP) is 4.94. The van der Waals surface area contributed by atoms with Crippen LogP contribution < -0.4 is 10.1 Å². The van der Waals surface area contributed by atoms with E-state index < -0.39 is 17.7 Å². The fraction of sp³-hybridized carbons (Fsp3) is 0. The number of nitrogens with one attached hydrogen (secondary N) is 1. The molecule has 1 N–H and O–H groups in total. The molecule has 0 bridgehead atoms. The van der Waals surface area contributed by atoms with Gasteiger partial charge in [0, 0.05) is 6.07 Å².